The highest BCUT2D eigenvalue weighted by molar-refractivity contribution is 7.92. The Bertz CT molecular complexity index is 1230. The van der Waals surface area contributed by atoms with E-state index >= 15 is 0 Å². The predicted molar refractivity (Wildman–Crippen MR) is 147 cm³/mol. The van der Waals surface area contributed by atoms with Gasteiger partial charge in [-0.1, -0.05) is 67.1 Å². The lowest BCUT2D eigenvalue weighted by Gasteiger charge is -2.18. The summed E-state index contributed by atoms with van der Waals surface area (Å²) in [4.78, 5) is 12.0. The van der Waals surface area contributed by atoms with Crippen LogP contribution in [0, 0.1) is 0 Å². The molecular weight excluding hydrogens is 502 g/mol. The molecule has 0 aromatic heterocycles. The lowest BCUT2D eigenvalue weighted by Crippen LogP contribution is -2.30. The molecule has 204 valence electrons. The molecule has 1 amide bonds. The maximum Gasteiger partial charge on any atom is 0.244 e. The molecule has 3 aromatic carbocycles. The topological polar surface area (TPSA) is 102 Å². The summed E-state index contributed by atoms with van der Waals surface area (Å²) in [6.07, 6.45) is 4.88. The Balaban J connectivity index is 1.65. The minimum Gasteiger partial charge on any atom is -0.493 e. The fraction of sp³-hybridized carbons (Fsp3) is 0.367. The molecule has 0 radical (unpaired) electrons. The van der Waals surface area contributed by atoms with Gasteiger partial charge < -0.3 is 9.47 Å². The van der Waals surface area contributed by atoms with E-state index in [0.717, 1.165) is 32.1 Å². The van der Waals surface area contributed by atoms with Crippen LogP contribution in [-0.4, -0.2) is 38.5 Å². The second-order valence-corrected chi connectivity index (χ2v) is 11.5. The van der Waals surface area contributed by atoms with Crippen molar-refractivity contribution in [3.63, 3.8) is 0 Å². The van der Waals surface area contributed by atoms with Gasteiger partial charge in [0.2, 0.25) is 5.91 Å². The number of hydroxylamine groups is 1. The standard InChI is InChI=1S/C30H37NO6S/c1-36-28-20-19-27(22-29(28)37-21-11-10-17-25-14-6-3-7-15-25)38(34,35)26(23-30(32)31-33)18-9-8-16-24-12-4-2-5-13-24/h2-7,12-15,19-20,22,26,33H,8-11,16-18,21,23H2,1H3,(H,31,32). The molecule has 1 unspecified atom stereocenters. The van der Waals surface area contributed by atoms with Crippen LogP contribution in [0.1, 0.15) is 49.7 Å². The second-order valence-electron chi connectivity index (χ2n) is 9.24. The van der Waals surface area contributed by atoms with Gasteiger partial charge in [-0.15, -0.1) is 0 Å². The Morgan fingerprint density at radius 2 is 1.45 bits per heavy atom. The maximum atomic E-state index is 13.6. The van der Waals surface area contributed by atoms with Crippen LogP contribution in [0.2, 0.25) is 0 Å². The summed E-state index contributed by atoms with van der Waals surface area (Å²) in [7, 11) is -2.37. The number of sulfone groups is 1. The summed E-state index contributed by atoms with van der Waals surface area (Å²) >= 11 is 0. The molecule has 1 atom stereocenters. The Hall–Kier alpha value is -3.36. The van der Waals surface area contributed by atoms with Gasteiger partial charge in [-0.05, 0) is 61.8 Å². The minimum atomic E-state index is -3.88. The van der Waals surface area contributed by atoms with Gasteiger partial charge in [0.1, 0.15) is 0 Å². The third-order valence-electron chi connectivity index (χ3n) is 6.48. The second kappa shape index (κ2) is 15.1. The van der Waals surface area contributed by atoms with Crippen molar-refractivity contribution >= 4 is 15.7 Å². The summed E-state index contributed by atoms with van der Waals surface area (Å²) in [5.41, 5.74) is 4.01. The van der Waals surface area contributed by atoms with Crippen LogP contribution in [0.3, 0.4) is 0 Å². The Labute approximate surface area is 225 Å². The van der Waals surface area contributed by atoms with Gasteiger partial charge in [0.05, 0.1) is 23.9 Å². The third-order valence-corrected chi connectivity index (χ3v) is 8.68. The zero-order valence-electron chi connectivity index (χ0n) is 21.8. The largest absolute Gasteiger partial charge is 0.493 e. The van der Waals surface area contributed by atoms with Crippen LogP contribution >= 0.6 is 0 Å². The highest BCUT2D eigenvalue weighted by Gasteiger charge is 2.30. The fourth-order valence-electron chi connectivity index (χ4n) is 4.36. The van der Waals surface area contributed by atoms with E-state index < -0.39 is 21.0 Å². The van der Waals surface area contributed by atoms with Gasteiger partial charge in [0, 0.05) is 12.5 Å². The van der Waals surface area contributed by atoms with E-state index in [-0.39, 0.29) is 11.3 Å². The molecule has 0 spiro atoms. The molecular formula is C30H37NO6S. The molecule has 2 N–H and O–H groups in total. The molecule has 38 heavy (non-hydrogen) atoms. The minimum absolute atomic E-state index is 0.0661. The van der Waals surface area contributed by atoms with Gasteiger partial charge >= 0.3 is 0 Å². The number of hydrogen-bond donors (Lipinski definition) is 2. The van der Waals surface area contributed by atoms with Crippen molar-refractivity contribution in [1.82, 2.24) is 5.48 Å². The molecule has 3 rings (SSSR count). The Kier molecular flexibility index (Phi) is 11.6. The average molecular weight is 540 g/mol. The van der Waals surface area contributed by atoms with E-state index in [9.17, 15) is 13.2 Å². The number of hydrogen-bond acceptors (Lipinski definition) is 6. The van der Waals surface area contributed by atoms with Gasteiger partial charge in [0.15, 0.2) is 21.3 Å². The molecule has 0 fully saturated rings. The van der Waals surface area contributed by atoms with Crippen molar-refractivity contribution in [3.05, 3.63) is 90.0 Å². The van der Waals surface area contributed by atoms with Crippen molar-refractivity contribution < 1.29 is 27.9 Å². The highest BCUT2D eigenvalue weighted by atomic mass is 32.2. The van der Waals surface area contributed by atoms with Gasteiger partial charge in [-0.2, -0.15) is 0 Å². The fourth-order valence-corrected chi connectivity index (χ4v) is 6.12. The summed E-state index contributed by atoms with van der Waals surface area (Å²) < 4.78 is 38.5. The lowest BCUT2D eigenvalue weighted by molar-refractivity contribution is -0.129. The summed E-state index contributed by atoms with van der Waals surface area (Å²) in [6.45, 7) is 0.419. The number of aryl methyl sites for hydroxylation is 2. The third kappa shape index (κ3) is 8.89. The normalized spacial score (nSPS) is 12.1. The predicted octanol–water partition coefficient (Wildman–Crippen LogP) is 5.55. The molecule has 0 heterocycles. The summed E-state index contributed by atoms with van der Waals surface area (Å²) in [5, 5.41) is 8.06. The van der Waals surface area contributed by atoms with Crippen molar-refractivity contribution in [2.75, 3.05) is 13.7 Å². The van der Waals surface area contributed by atoms with E-state index in [4.69, 9.17) is 14.7 Å². The Morgan fingerprint density at radius 3 is 2.03 bits per heavy atom. The zero-order chi connectivity index (χ0) is 27.2. The summed E-state index contributed by atoms with van der Waals surface area (Å²) in [6, 6.07) is 24.7. The lowest BCUT2D eigenvalue weighted by atomic mass is 10.1. The first kappa shape index (κ1) is 29.2. The molecule has 0 aliphatic heterocycles. The van der Waals surface area contributed by atoms with Crippen molar-refractivity contribution in [2.45, 2.75) is 61.5 Å². The van der Waals surface area contributed by atoms with Crippen LogP contribution in [-0.2, 0) is 27.5 Å². The molecule has 8 heteroatoms. The number of amides is 1. The average Bonchev–Trinajstić information content (AvgIpc) is 2.95. The molecule has 0 aliphatic carbocycles. The molecule has 0 saturated carbocycles. The van der Waals surface area contributed by atoms with Crippen molar-refractivity contribution in [3.8, 4) is 11.5 Å². The maximum absolute atomic E-state index is 13.6. The first-order valence-electron chi connectivity index (χ1n) is 13.0. The van der Waals surface area contributed by atoms with Crippen LogP contribution in [0.15, 0.2) is 83.8 Å². The number of ether oxygens (including phenoxy) is 2. The molecule has 0 bridgehead atoms. The molecule has 3 aromatic rings. The first-order chi connectivity index (χ1) is 18.4. The zero-order valence-corrected chi connectivity index (χ0v) is 22.7. The molecule has 0 saturated heterocycles. The van der Waals surface area contributed by atoms with Crippen molar-refractivity contribution in [1.29, 1.82) is 0 Å². The van der Waals surface area contributed by atoms with Crippen LogP contribution in [0.5, 0.6) is 11.5 Å². The number of carbonyl (C=O) groups excluding carboxylic acids is 1. The SMILES string of the molecule is COc1ccc(S(=O)(=O)C(CCCCc2ccccc2)CC(=O)NO)cc1OCCCCc1ccccc1. The van der Waals surface area contributed by atoms with E-state index in [1.165, 1.54) is 30.4 Å². The van der Waals surface area contributed by atoms with E-state index in [1.54, 1.807) is 11.5 Å². The first-order valence-corrected chi connectivity index (χ1v) is 14.5. The smallest absolute Gasteiger partial charge is 0.244 e. The van der Waals surface area contributed by atoms with Crippen LogP contribution in [0.4, 0.5) is 0 Å². The van der Waals surface area contributed by atoms with Gasteiger partial charge in [-0.25, -0.2) is 13.9 Å². The van der Waals surface area contributed by atoms with Crippen LogP contribution < -0.4 is 15.0 Å². The van der Waals surface area contributed by atoms with Gasteiger partial charge in [-0.3, -0.25) is 10.0 Å². The number of benzene rings is 3. The summed E-state index contributed by atoms with van der Waals surface area (Å²) in [5.74, 6) is 0.0623. The molecule has 0 aliphatic rings. The van der Waals surface area contributed by atoms with E-state index in [2.05, 4.69) is 12.1 Å². The molecule has 7 nitrogen and oxygen atoms in total. The number of carbonyl (C=O) groups is 1. The van der Waals surface area contributed by atoms with E-state index in [1.807, 2.05) is 48.5 Å². The van der Waals surface area contributed by atoms with Gasteiger partial charge in [0.25, 0.3) is 0 Å². The number of rotatable bonds is 16. The number of nitrogens with one attached hydrogen (secondary N) is 1. The number of unbranched alkanes of at least 4 members (excludes halogenated alkanes) is 2. The monoisotopic (exact) mass is 539 g/mol. The quantitative estimate of drug-likeness (QED) is 0.141. The highest BCUT2D eigenvalue weighted by Crippen LogP contribution is 2.33. The van der Waals surface area contributed by atoms with E-state index in [0.29, 0.717) is 30.9 Å². The van der Waals surface area contributed by atoms with Crippen molar-refractivity contribution in [2.24, 2.45) is 0 Å². The number of methoxy groups -OCH3 is 1. The Morgan fingerprint density at radius 1 is 0.842 bits per heavy atom. The van der Waals surface area contributed by atoms with Crippen LogP contribution in [0.25, 0.3) is 0 Å².